The molecule has 2 aliphatic rings. The molecule has 0 N–H and O–H groups in total. The molecule has 2 aliphatic heterocycles. The van der Waals surface area contributed by atoms with Crippen molar-refractivity contribution in [3.05, 3.63) is 59.8 Å². The minimum absolute atomic E-state index is 0.0531. The van der Waals surface area contributed by atoms with Crippen molar-refractivity contribution in [1.29, 1.82) is 0 Å². The van der Waals surface area contributed by atoms with E-state index in [9.17, 15) is 9.59 Å². The molecule has 27 heavy (non-hydrogen) atoms. The Kier molecular flexibility index (Phi) is 4.79. The average molecular weight is 366 g/mol. The van der Waals surface area contributed by atoms with Gasteiger partial charge in [-0.3, -0.25) is 4.79 Å². The van der Waals surface area contributed by atoms with Gasteiger partial charge >= 0.3 is 5.97 Å². The Morgan fingerprint density at radius 1 is 1.00 bits per heavy atom. The second-order valence-corrected chi connectivity index (χ2v) is 7.01. The molecular weight excluding hydrogens is 344 g/mol. The summed E-state index contributed by atoms with van der Waals surface area (Å²) in [6.07, 6.45) is 5.24. The molecule has 2 unspecified atom stereocenters. The van der Waals surface area contributed by atoms with E-state index in [0.717, 1.165) is 25.7 Å². The normalized spacial score (nSPS) is 23.7. The van der Waals surface area contributed by atoms with Crippen molar-refractivity contribution in [2.24, 2.45) is 0 Å². The summed E-state index contributed by atoms with van der Waals surface area (Å²) in [5.74, 6) is 0.0390. The number of carbonyl (C=O) groups excluding carboxylic acids is 2. The predicted octanol–water partition coefficient (Wildman–Crippen LogP) is 3.08. The van der Waals surface area contributed by atoms with Crippen LogP contribution < -0.4 is 4.74 Å². The highest BCUT2D eigenvalue weighted by Crippen LogP contribution is 2.38. The van der Waals surface area contributed by atoms with E-state index in [-0.39, 0.29) is 24.1 Å². The predicted molar refractivity (Wildman–Crippen MR) is 98.6 cm³/mol. The van der Waals surface area contributed by atoms with E-state index in [1.165, 1.54) is 7.11 Å². The molecule has 0 spiro atoms. The van der Waals surface area contributed by atoms with Crippen LogP contribution in [0.4, 0.5) is 0 Å². The summed E-state index contributed by atoms with van der Waals surface area (Å²) in [7, 11) is 1.33. The maximum atomic E-state index is 13.2. The van der Waals surface area contributed by atoms with Gasteiger partial charge in [0, 0.05) is 37.2 Å². The highest BCUT2D eigenvalue weighted by Gasteiger charge is 2.44. The summed E-state index contributed by atoms with van der Waals surface area (Å²) < 4.78 is 10.9. The fraction of sp³-hybridized carbons (Fsp3) is 0.381. The number of hydrogen-bond donors (Lipinski definition) is 0. The Morgan fingerprint density at radius 2 is 1.67 bits per heavy atom. The van der Waals surface area contributed by atoms with Crippen LogP contribution in [-0.2, 0) is 4.74 Å². The smallest absolute Gasteiger partial charge is 0.338 e. The number of rotatable bonds is 4. The number of amides is 1. The van der Waals surface area contributed by atoms with Gasteiger partial charge in [0.2, 0.25) is 5.88 Å². The fourth-order valence-electron chi connectivity index (χ4n) is 4.24. The van der Waals surface area contributed by atoms with Crippen molar-refractivity contribution in [2.75, 3.05) is 7.11 Å². The topological polar surface area (TPSA) is 68.7 Å². The van der Waals surface area contributed by atoms with Crippen LogP contribution in [0.3, 0.4) is 0 Å². The van der Waals surface area contributed by atoms with Crippen LogP contribution in [0.1, 0.15) is 46.4 Å². The van der Waals surface area contributed by atoms with Gasteiger partial charge in [0.15, 0.2) is 0 Å². The molecule has 1 aromatic carbocycles. The first-order valence-electron chi connectivity index (χ1n) is 9.25. The van der Waals surface area contributed by atoms with Crippen molar-refractivity contribution >= 4 is 11.9 Å². The zero-order chi connectivity index (χ0) is 18.8. The summed E-state index contributed by atoms with van der Waals surface area (Å²) in [5.41, 5.74) is 0.724. The minimum atomic E-state index is -0.486. The first-order chi connectivity index (χ1) is 13.2. The third-order valence-electron chi connectivity index (χ3n) is 5.41. The standard InChI is InChI=1S/C21H22N2O4/c1-26-21(25)18-7-3-2-6-17(18)20(24)23-14-9-10-15(23)13-16(12-14)27-19-8-4-5-11-22-19/h2-8,11,14-16H,9-10,12-13H2,1H3. The number of ether oxygens (including phenoxy) is 2. The Morgan fingerprint density at radius 3 is 2.30 bits per heavy atom. The molecule has 4 rings (SSSR count). The highest BCUT2D eigenvalue weighted by atomic mass is 16.5. The van der Waals surface area contributed by atoms with Crippen LogP contribution in [-0.4, -0.2) is 47.1 Å². The lowest BCUT2D eigenvalue weighted by Gasteiger charge is -2.39. The third-order valence-corrected chi connectivity index (χ3v) is 5.41. The highest BCUT2D eigenvalue weighted by molar-refractivity contribution is 6.05. The molecule has 2 saturated heterocycles. The van der Waals surface area contributed by atoms with Gasteiger partial charge in [0.05, 0.1) is 18.2 Å². The van der Waals surface area contributed by atoms with Gasteiger partial charge in [-0.25, -0.2) is 9.78 Å². The van der Waals surface area contributed by atoms with Crippen LogP contribution in [0.15, 0.2) is 48.7 Å². The number of esters is 1. The van der Waals surface area contributed by atoms with E-state index in [0.29, 0.717) is 17.0 Å². The molecule has 0 radical (unpaired) electrons. The molecule has 6 nitrogen and oxygen atoms in total. The summed E-state index contributed by atoms with van der Waals surface area (Å²) in [4.78, 5) is 31.4. The number of piperidine rings is 1. The van der Waals surface area contributed by atoms with Gasteiger partial charge in [-0.15, -0.1) is 0 Å². The number of fused-ring (bicyclic) bond motifs is 2. The second kappa shape index (κ2) is 7.39. The lowest BCUT2D eigenvalue weighted by molar-refractivity contribution is 0.0342. The molecule has 0 aliphatic carbocycles. The van der Waals surface area contributed by atoms with Gasteiger partial charge in [0.25, 0.3) is 5.91 Å². The number of aromatic nitrogens is 1. The molecule has 6 heteroatoms. The van der Waals surface area contributed by atoms with E-state index in [1.807, 2.05) is 23.1 Å². The van der Waals surface area contributed by atoms with Crippen molar-refractivity contribution in [2.45, 2.75) is 43.9 Å². The van der Waals surface area contributed by atoms with Gasteiger partial charge in [0.1, 0.15) is 6.10 Å². The van der Waals surface area contributed by atoms with Crippen molar-refractivity contribution in [3.63, 3.8) is 0 Å². The SMILES string of the molecule is COC(=O)c1ccccc1C(=O)N1C2CCC1CC(Oc1ccccn1)C2. The first-order valence-corrected chi connectivity index (χ1v) is 9.25. The molecule has 1 amide bonds. The van der Waals surface area contributed by atoms with E-state index >= 15 is 0 Å². The van der Waals surface area contributed by atoms with Crippen LogP contribution in [0, 0.1) is 0 Å². The number of methoxy groups -OCH3 is 1. The number of nitrogens with zero attached hydrogens (tertiary/aromatic N) is 2. The second-order valence-electron chi connectivity index (χ2n) is 7.01. The molecule has 2 aromatic rings. The maximum Gasteiger partial charge on any atom is 0.338 e. The third kappa shape index (κ3) is 3.39. The summed E-state index contributed by atoms with van der Waals surface area (Å²) in [6.45, 7) is 0. The Balaban J connectivity index is 1.52. The maximum absolute atomic E-state index is 13.2. The lowest BCUT2D eigenvalue weighted by Crippen LogP contribution is -2.49. The molecule has 2 atom stereocenters. The first kappa shape index (κ1) is 17.5. The molecule has 0 saturated carbocycles. The Bertz CT molecular complexity index is 825. The lowest BCUT2D eigenvalue weighted by atomic mass is 9.97. The van der Waals surface area contributed by atoms with Crippen LogP contribution in [0.5, 0.6) is 5.88 Å². The van der Waals surface area contributed by atoms with E-state index in [1.54, 1.807) is 30.5 Å². The number of benzene rings is 1. The monoisotopic (exact) mass is 366 g/mol. The average Bonchev–Trinajstić information content (AvgIpc) is 2.98. The van der Waals surface area contributed by atoms with E-state index in [2.05, 4.69) is 4.98 Å². The fourth-order valence-corrected chi connectivity index (χ4v) is 4.24. The molecular formula is C21H22N2O4. The number of pyridine rings is 1. The summed E-state index contributed by atoms with van der Waals surface area (Å²) in [5, 5.41) is 0. The number of hydrogen-bond acceptors (Lipinski definition) is 5. The van der Waals surface area contributed by atoms with Crippen LogP contribution >= 0.6 is 0 Å². The van der Waals surface area contributed by atoms with E-state index in [4.69, 9.17) is 9.47 Å². The van der Waals surface area contributed by atoms with Crippen molar-refractivity contribution in [1.82, 2.24) is 9.88 Å². The molecule has 2 bridgehead atoms. The van der Waals surface area contributed by atoms with Gasteiger partial charge in [-0.2, -0.15) is 0 Å². The van der Waals surface area contributed by atoms with Gasteiger partial charge in [-0.05, 0) is 31.0 Å². The summed E-state index contributed by atoms with van der Waals surface area (Å²) in [6, 6.07) is 12.7. The van der Waals surface area contributed by atoms with Gasteiger partial charge in [-0.1, -0.05) is 18.2 Å². The summed E-state index contributed by atoms with van der Waals surface area (Å²) >= 11 is 0. The van der Waals surface area contributed by atoms with Crippen molar-refractivity contribution < 1.29 is 19.1 Å². The Hall–Kier alpha value is -2.89. The largest absolute Gasteiger partial charge is 0.474 e. The molecule has 3 heterocycles. The molecule has 1 aromatic heterocycles. The molecule has 140 valence electrons. The molecule has 2 fully saturated rings. The zero-order valence-corrected chi connectivity index (χ0v) is 15.2. The zero-order valence-electron chi connectivity index (χ0n) is 15.2. The quantitative estimate of drug-likeness (QED) is 0.778. The van der Waals surface area contributed by atoms with Crippen LogP contribution in [0.25, 0.3) is 0 Å². The Labute approximate surface area is 158 Å². The van der Waals surface area contributed by atoms with Crippen molar-refractivity contribution in [3.8, 4) is 5.88 Å². The number of carbonyl (C=O) groups is 2. The van der Waals surface area contributed by atoms with Gasteiger partial charge < -0.3 is 14.4 Å². The van der Waals surface area contributed by atoms with Crippen LogP contribution in [0.2, 0.25) is 0 Å². The van der Waals surface area contributed by atoms with E-state index < -0.39 is 5.97 Å². The minimum Gasteiger partial charge on any atom is -0.474 e.